The third kappa shape index (κ3) is 3.79. The molecule has 0 saturated carbocycles. The predicted octanol–water partition coefficient (Wildman–Crippen LogP) is 3.02. The van der Waals surface area contributed by atoms with E-state index in [1.54, 1.807) is 17.0 Å². The number of hydrogen-bond acceptors (Lipinski definition) is 4. The maximum Gasteiger partial charge on any atom is 0.238 e. The Labute approximate surface area is 158 Å². The summed E-state index contributed by atoms with van der Waals surface area (Å²) >= 11 is 1.52. The summed E-state index contributed by atoms with van der Waals surface area (Å²) in [7, 11) is -3.74. The van der Waals surface area contributed by atoms with Gasteiger partial charge in [0.25, 0.3) is 0 Å². The monoisotopic (exact) mass is 390 g/mol. The number of nitrogens with two attached hydrogens (primary N) is 1. The molecule has 26 heavy (non-hydrogen) atoms. The maximum absolute atomic E-state index is 12.8. The molecule has 0 radical (unpaired) electrons. The summed E-state index contributed by atoms with van der Waals surface area (Å²) in [5, 5.41) is 5.20. The number of fused-ring (bicyclic) bond motifs is 1. The minimum atomic E-state index is -3.74. The number of amides is 1. The van der Waals surface area contributed by atoms with Gasteiger partial charge in [0, 0.05) is 16.6 Å². The number of carbonyl (C=O) groups excluding carboxylic acids is 1. The molecule has 3 rings (SSSR count). The topological polar surface area (TPSA) is 80.5 Å². The number of benzene rings is 2. The van der Waals surface area contributed by atoms with Crippen LogP contribution in [0.5, 0.6) is 0 Å². The summed E-state index contributed by atoms with van der Waals surface area (Å²) in [6.45, 7) is 6.09. The van der Waals surface area contributed by atoms with Gasteiger partial charge in [0.05, 0.1) is 10.6 Å². The SMILES string of the molecule is Cc1ccc(SCC(=O)N2c3ccc(S(N)(=O)=O)cc3CC2C)cc1C. The van der Waals surface area contributed by atoms with E-state index in [1.807, 2.05) is 13.0 Å². The van der Waals surface area contributed by atoms with Crippen molar-refractivity contribution in [3.63, 3.8) is 0 Å². The first-order valence-corrected chi connectivity index (χ1v) is 10.9. The number of rotatable bonds is 4. The van der Waals surface area contributed by atoms with Crippen LogP contribution >= 0.6 is 11.8 Å². The molecule has 1 atom stereocenters. The Balaban J connectivity index is 1.77. The molecule has 1 heterocycles. The van der Waals surface area contributed by atoms with E-state index in [9.17, 15) is 13.2 Å². The molecular weight excluding hydrogens is 368 g/mol. The van der Waals surface area contributed by atoms with Crippen LogP contribution < -0.4 is 10.0 Å². The van der Waals surface area contributed by atoms with Crippen molar-refractivity contribution >= 4 is 33.4 Å². The molecule has 2 N–H and O–H groups in total. The summed E-state index contributed by atoms with van der Waals surface area (Å²) < 4.78 is 23.1. The average Bonchev–Trinajstić information content (AvgIpc) is 2.89. The van der Waals surface area contributed by atoms with Gasteiger partial charge < -0.3 is 4.90 Å². The van der Waals surface area contributed by atoms with Crippen LogP contribution in [0.1, 0.15) is 23.6 Å². The van der Waals surface area contributed by atoms with Crippen LogP contribution in [-0.4, -0.2) is 26.1 Å². The van der Waals surface area contributed by atoms with Gasteiger partial charge in [0.2, 0.25) is 15.9 Å². The number of hydrogen-bond donors (Lipinski definition) is 1. The minimum absolute atomic E-state index is 0.00594. The van der Waals surface area contributed by atoms with Gasteiger partial charge in [-0.25, -0.2) is 13.6 Å². The summed E-state index contributed by atoms with van der Waals surface area (Å²) in [5.74, 6) is 0.353. The Kier molecular flexibility index (Phi) is 5.14. The van der Waals surface area contributed by atoms with Gasteiger partial charge in [0.15, 0.2) is 0 Å². The highest BCUT2D eigenvalue weighted by molar-refractivity contribution is 8.00. The molecule has 1 amide bonds. The van der Waals surface area contributed by atoms with E-state index in [0.717, 1.165) is 16.1 Å². The summed E-state index contributed by atoms with van der Waals surface area (Å²) in [5.41, 5.74) is 4.05. The van der Waals surface area contributed by atoms with Gasteiger partial charge in [-0.15, -0.1) is 11.8 Å². The van der Waals surface area contributed by atoms with E-state index in [-0.39, 0.29) is 16.8 Å². The fourth-order valence-electron chi connectivity index (χ4n) is 3.18. The van der Waals surface area contributed by atoms with Crippen molar-refractivity contribution in [1.82, 2.24) is 0 Å². The average molecular weight is 391 g/mol. The lowest BCUT2D eigenvalue weighted by Crippen LogP contribution is -2.36. The number of sulfonamides is 1. The van der Waals surface area contributed by atoms with E-state index < -0.39 is 10.0 Å². The van der Waals surface area contributed by atoms with Gasteiger partial charge in [-0.05, 0) is 74.2 Å². The summed E-state index contributed by atoms with van der Waals surface area (Å²) in [6.07, 6.45) is 0.624. The first-order chi connectivity index (χ1) is 12.2. The number of primary sulfonamides is 1. The first kappa shape index (κ1) is 18.9. The highest BCUT2D eigenvalue weighted by Gasteiger charge is 2.31. The second-order valence-electron chi connectivity index (χ2n) is 6.69. The molecule has 2 aromatic carbocycles. The van der Waals surface area contributed by atoms with Crippen molar-refractivity contribution in [2.75, 3.05) is 10.7 Å². The smallest absolute Gasteiger partial charge is 0.238 e. The molecule has 7 heteroatoms. The zero-order valence-electron chi connectivity index (χ0n) is 15.0. The molecule has 2 aromatic rings. The standard InChI is InChI=1S/C19H22N2O3S2/c1-12-4-5-16(8-13(12)2)25-11-19(22)21-14(3)9-15-10-17(26(20,23)24)6-7-18(15)21/h4-8,10,14H,9,11H2,1-3H3,(H2,20,23,24). The van der Waals surface area contributed by atoms with Crippen LogP contribution in [0.25, 0.3) is 0 Å². The quantitative estimate of drug-likeness (QED) is 0.814. The predicted molar refractivity (Wildman–Crippen MR) is 105 cm³/mol. The Morgan fingerprint density at radius 2 is 1.92 bits per heavy atom. The van der Waals surface area contributed by atoms with Crippen LogP contribution in [0, 0.1) is 13.8 Å². The number of aryl methyl sites for hydroxylation is 2. The van der Waals surface area contributed by atoms with Gasteiger partial charge >= 0.3 is 0 Å². The molecule has 0 aliphatic carbocycles. The summed E-state index contributed by atoms with van der Waals surface area (Å²) in [4.78, 5) is 15.7. The number of carbonyl (C=O) groups is 1. The lowest BCUT2D eigenvalue weighted by atomic mass is 10.1. The van der Waals surface area contributed by atoms with E-state index >= 15 is 0 Å². The normalized spacial score (nSPS) is 16.6. The Bertz CT molecular complexity index is 971. The molecule has 5 nitrogen and oxygen atoms in total. The van der Waals surface area contributed by atoms with Crippen molar-refractivity contribution in [3.05, 3.63) is 53.1 Å². The van der Waals surface area contributed by atoms with Crippen LogP contribution in [0.4, 0.5) is 5.69 Å². The van der Waals surface area contributed by atoms with E-state index in [2.05, 4.69) is 26.0 Å². The molecule has 0 fully saturated rings. The molecular formula is C19H22N2O3S2. The highest BCUT2D eigenvalue weighted by Crippen LogP contribution is 2.34. The Morgan fingerprint density at radius 3 is 2.58 bits per heavy atom. The zero-order chi connectivity index (χ0) is 19.1. The van der Waals surface area contributed by atoms with Crippen LogP contribution in [0.2, 0.25) is 0 Å². The molecule has 0 aromatic heterocycles. The number of anilines is 1. The minimum Gasteiger partial charge on any atom is -0.308 e. The van der Waals surface area contributed by atoms with Gasteiger partial charge in [-0.2, -0.15) is 0 Å². The van der Waals surface area contributed by atoms with E-state index in [4.69, 9.17) is 5.14 Å². The third-order valence-corrected chi connectivity index (χ3v) is 6.59. The summed E-state index contributed by atoms with van der Waals surface area (Å²) in [6, 6.07) is 10.9. The van der Waals surface area contributed by atoms with Gasteiger partial charge in [0.1, 0.15) is 0 Å². The van der Waals surface area contributed by atoms with E-state index in [1.165, 1.54) is 29.0 Å². The molecule has 0 bridgehead atoms. The largest absolute Gasteiger partial charge is 0.308 e. The molecule has 0 saturated heterocycles. The maximum atomic E-state index is 12.8. The van der Waals surface area contributed by atoms with Crippen molar-refractivity contribution in [3.8, 4) is 0 Å². The molecule has 138 valence electrons. The van der Waals surface area contributed by atoms with Crippen molar-refractivity contribution < 1.29 is 13.2 Å². The zero-order valence-corrected chi connectivity index (χ0v) is 16.7. The fraction of sp³-hybridized carbons (Fsp3) is 0.316. The Hall–Kier alpha value is -1.83. The molecule has 1 unspecified atom stereocenters. The van der Waals surface area contributed by atoms with Crippen LogP contribution in [-0.2, 0) is 21.2 Å². The highest BCUT2D eigenvalue weighted by atomic mass is 32.2. The van der Waals surface area contributed by atoms with Crippen LogP contribution in [0.15, 0.2) is 46.2 Å². The Morgan fingerprint density at radius 1 is 1.19 bits per heavy atom. The lowest BCUT2D eigenvalue weighted by molar-refractivity contribution is -0.116. The lowest BCUT2D eigenvalue weighted by Gasteiger charge is -2.22. The van der Waals surface area contributed by atoms with Gasteiger partial charge in [-0.3, -0.25) is 4.79 Å². The fourth-order valence-corrected chi connectivity index (χ4v) is 4.60. The third-order valence-electron chi connectivity index (χ3n) is 4.70. The van der Waals surface area contributed by atoms with Crippen molar-refractivity contribution in [2.24, 2.45) is 5.14 Å². The first-order valence-electron chi connectivity index (χ1n) is 8.34. The van der Waals surface area contributed by atoms with Crippen molar-refractivity contribution in [2.45, 2.75) is 43.0 Å². The number of thioether (sulfide) groups is 1. The number of nitrogens with zero attached hydrogens (tertiary/aromatic N) is 1. The second kappa shape index (κ2) is 7.06. The second-order valence-corrected chi connectivity index (χ2v) is 9.30. The van der Waals surface area contributed by atoms with Gasteiger partial charge in [-0.1, -0.05) is 6.07 Å². The molecule has 1 aliphatic heterocycles. The molecule has 1 aliphatic rings. The van der Waals surface area contributed by atoms with Crippen molar-refractivity contribution in [1.29, 1.82) is 0 Å². The van der Waals surface area contributed by atoms with Crippen LogP contribution in [0.3, 0.4) is 0 Å². The van der Waals surface area contributed by atoms with E-state index in [0.29, 0.717) is 12.2 Å². The molecule has 0 spiro atoms.